The summed E-state index contributed by atoms with van der Waals surface area (Å²) in [4.78, 5) is 13.8. The third-order valence-electron chi connectivity index (χ3n) is 2.35. The summed E-state index contributed by atoms with van der Waals surface area (Å²) in [7, 11) is -3.71. The zero-order chi connectivity index (χ0) is 11.9. The van der Waals surface area contributed by atoms with Crippen LogP contribution in [0.15, 0.2) is 34.0 Å². The minimum atomic E-state index is -3.71. The van der Waals surface area contributed by atoms with Crippen LogP contribution in [0.1, 0.15) is 5.56 Å². The Morgan fingerprint density at radius 1 is 1.25 bits per heavy atom. The Labute approximate surface area is 92.0 Å². The smallest absolute Gasteiger partial charge is 0.248 e. The first kappa shape index (κ1) is 10.8. The summed E-state index contributed by atoms with van der Waals surface area (Å²) >= 11 is 0. The van der Waals surface area contributed by atoms with Crippen molar-refractivity contribution in [1.29, 1.82) is 0 Å². The molecule has 1 aromatic heterocycles. The minimum absolute atomic E-state index is 0.0372. The molecule has 5 nitrogen and oxygen atoms in total. The van der Waals surface area contributed by atoms with Crippen LogP contribution in [0.25, 0.3) is 10.9 Å². The zero-order valence-corrected chi connectivity index (χ0v) is 9.34. The number of benzene rings is 1. The van der Waals surface area contributed by atoms with Gasteiger partial charge in [-0.15, -0.1) is 0 Å². The molecule has 0 radical (unpaired) electrons. The van der Waals surface area contributed by atoms with Gasteiger partial charge < -0.3 is 4.98 Å². The number of H-pyrrole nitrogens is 1. The van der Waals surface area contributed by atoms with Crippen LogP contribution in [0.2, 0.25) is 0 Å². The van der Waals surface area contributed by atoms with E-state index in [1.807, 2.05) is 0 Å². The molecule has 2 aromatic rings. The van der Waals surface area contributed by atoms with Crippen LogP contribution in [0.5, 0.6) is 0 Å². The summed E-state index contributed by atoms with van der Waals surface area (Å²) in [6.45, 7) is 1.74. The van der Waals surface area contributed by atoms with Crippen molar-refractivity contribution in [2.75, 3.05) is 0 Å². The van der Waals surface area contributed by atoms with E-state index in [1.54, 1.807) is 6.92 Å². The highest BCUT2D eigenvalue weighted by molar-refractivity contribution is 7.89. The Hall–Kier alpha value is -1.66. The molecule has 0 saturated carbocycles. The number of nitrogens with two attached hydrogens (primary N) is 1. The van der Waals surface area contributed by atoms with Gasteiger partial charge in [0.05, 0.1) is 4.90 Å². The van der Waals surface area contributed by atoms with Crippen molar-refractivity contribution in [2.24, 2.45) is 5.14 Å². The van der Waals surface area contributed by atoms with Gasteiger partial charge in [0.25, 0.3) is 0 Å². The number of aryl methyl sites for hydroxylation is 1. The summed E-state index contributed by atoms with van der Waals surface area (Å²) in [5.41, 5.74) is 1.09. The van der Waals surface area contributed by atoms with Gasteiger partial charge in [0.1, 0.15) is 0 Å². The number of aromatic nitrogens is 1. The number of pyridine rings is 1. The van der Waals surface area contributed by atoms with Crippen LogP contribution in [0, 0.1) is 6.92 Å². The first-order chi connectivity index (χ1) is 7.38. The first-order valence-corrected chi connectivity index (χ1v) is 6.09. The number of nitrogens with one attached hydrogen (secondary N) is 1. The molecular formula is C10H10N2O3S. The van der Waals surface area contributed by atoms with E-state index in [-0.39, 0.29) is 10.5 Å². The number of fused-ring (bicyclic) bond motifs is 1. The Kier molecular flexibility index (Phi) is 2.32. The lowest BCUT2D eigenvalue weighted by Crippen LogP contribution is -2.12. The van der Waals surface area contributed by atoms with Crippen LogP contribution >= 0.6 is 0 Å². The Bertz CT molecular complexity index is 716. The number of hydrogen-bond donors (Lipinski definition) is 2. The lowest BCUT2D eigenvalue weighted by Gasteiger charge is -2.03. The topological polar surface area (TPSA) is 93.0 Å². The van der Waals surface area contributed by atoms with Gasteiger partial charge in [0.15, 0.2) is 0 Å². The van der Waals surface area contributed by atoms with Crippen LogP contribution in [-0.2, 0) is 10.0 Å². The standard InChI is InChI=1S/C10H10N2O3S/c1-6-4-10(13)12-9-3-2-7(5-8(6)9)16(11,14)15/h2-5H,1H3,(H,12,13)(H2,11,14,15). The molecule has 0 amide bonds. The van der Waals surface area contributed by atoms with Gasteiger partial charge in [0, 0.05) is 17.0 Å². The van der Waals surface area contributed by atoms with Gasteiger partial charge in [-0.2, -0.15) is 0 Å². The highest BCUT2D eigenvalue weighted by atomic mass is 32.2. The molecule has 1 heterocycles. The van der Waals surface area contributed by atoms with Crippen molar-refractivity contribution >= 4 is 20.9 Å². The molecule has 0 unspecified atom stereocenters. The molecule has 84 valence electrons. The number of hydrogen-bond acceptors (Lipinski definition) is 3. The van der Waals surface area contributed by atoms with Crippen LogP contribution in [-0.4, -0.2) is 13.4 Å². The van der Waals surface area contributed by atoms with Crippen molar-refractivity contribution in [3.05, 3.63) is 40.2 Å². The molecule has 0 aliphatic heterocycles. The van der Waals surface area contributed by atoms with Gasteiger partial charge in [-0.25, -0.2) is 13.6 Å². The third kappa shape index (κ3) is 1.84. The molecule has 2 rings (SSSR count). The van der Waals surface area contributed by atoms with E-state index < -0.39 is 10.0 Å². The van der Waals surface area contributed by atoms with Crippen molar-refractivity contribution in [3.63, 3.8) is 0 Å². The van der Waals surface area contributed by atoms with E-state index in [9.17, 15) is 13.2 Å². The van der Waals surface area contributed by atoms with E-state index in [2.05, 4.69) is 4.98 Å². The quantitative estimate of drug-likeness (QED) is 0.756. The second-order valence-electron chi connectivity index (χ2n) is 3.57. The van der Waals surface area contributed by atoms with Gasteiger partial charge in [-0.1, -0.05) is 0 Å². The Morgan fingerprint density at radius 2 is 1.94 bits per heavy atom. The molecule has 16 heavy (non-hydrogen) atoms. The molecule has 0 aliphatic carbocycles. The zero-order valence-electron chi connectivity index (χ0n) is 8.52. The highest BCUT2D eigenvalue weighted by Gasteiger charge is 2.09. The maximum atomic E-state index is 11.2. The predicted molar refractivity (Wildman–Crippen MR) is 60.7 cm³/mol. The fourth-order valence-corrected chi connectivity index (χ4v) is 2.12. The number of aromatic amines is 1. The molecule has 0 spiro atoms. The second-order valence-corrected chi connectivity index (χ2v) is 5.13. The summed E-state index contributed by atoms with van der Waals surface area (Å²) in [5.74, 6) is 0. The van der Waals surface area contributed by atoms with Gasteiger partial charge in [-0.3, -0.25) is 4.79 Å². The normalized spacial score (nSPS) is 11.9. The highest BCUT2D eigenvalue weighted by Crippen LogP contribution is 2.18. The van der Waals surface area contributed by atoms with E-state index in [4.69, 9.17) is 5.14 Å². The summed E-state index contributed by atoms with van der Waals surface area (Å²) in [5, 5.41) is 5.70. The van der Waals surface area contributed by atoms with Gasteiger partial charge in [0.2, 0.25) is 15.6 Å². The molecule has 3 N–H and O–H groups in total. The molecule has 1 aromatic carbocycles. The predicted octanol–water partition coefficient (Wildman–Crippen LogP) is 0.484. The molecule has 6 heteroatoms. The second kappa shape index (κ2) is 3.43. The summed E-state index contributed by atoms with van der Waals surface area (Å²) in [6, 6.07) is 5.77. The number of rotatable bonds is 1. The van der Waals surface area contributed by atoms with Gasteiger partial charge in [-0.05, 0) is 30.7 Å². The lowest BCUT2D eigenvalue weighted by molar-refractivity contribution is 0.598. The van der Waals surface area contributed by atoms with Crippen molar-refractivity contribution < 1.29 is 8.42 Å². The monoisotopic (exact) mass is 238 g/mol. The molecule has 0 saturated heterocycles. The fraction of sp³-hybridized carbons (Fsp3) is 0.100. The van der Waals surface area contributed by atoms with E-state index >= 15 is 0 Å². The van der Waals surface area contributed by atoms with E-state index in [1.165, 1.54) is 24.3 Å². The summed E-state index contributed by atoms with van der Waals surface area (Å²) in [6.07, 6.45) is 0. The minimum Gasteiger partial charge on any atom is -0.322 e. The molecule has 0 aliphatic rings. The van der Waals surface area contributed by atoms with Crippen molar-refractivity contribution in [3.8, 4) is 0 Å². The van der Waals surface area contributed by atoms with Crippen molar-refractivity contribution in [2.45, 2.75) is 11.8 Å². The third-order valence-corrected chi connectivity index (χ3v) is 3.26. The first-order valence-electron chi connectivity index (χ1n) is 4.54. The van der Waals surface area contributed by atoms with E-state index in [0.29, 0.717) is 16.5 Å². The largest absolute Gasteiger partial charge is 0.322 e. The summed E-state index contributed by atoms with van der Waals surface area (Å²) < 4.78 is 22.3. The maximum absolute atomic E-state index is 11.2. The molecule has 0 atom stereocenters. The van der Waals surface area contributed by atoms with Crippen LogP contribution < -0.4 is 10.7 Å². The molecule has 0 fully saturated rings. The maximum Gasteiger partial charge on any atom is 0.248 e. The average molecular weight is 238 g/mol. The number of primary sulfonamides is 1. The molecular weight excluding hydrogens is 228 g/mol. The molecule has 0 bridgehead atoms. The average Bonchev–Trinajstić information content (AvgIpc) is 2.15. The number of sulfonamides is 1. The fourth-order valence-electron chi connectivity index (χ4n) is 1.58. The van der Waals surface area contributed by atoms with Crippen LogP contribution in [0.4, 0.5) is 0 Å². The van der Waals surface area contributed by atoms with E-state index in [0.717, 1.165) is 0 Å². The SMILES string of the molecule is Cc1cc(=O)[nH]c2ccc(S(N)(=O)=O)cc12. The Morgan fingerprint density at radius 3 is 2.56 bits per heavy atom. The lowest BCUT2D eigenvalue weighted by atomic mass is 10.1. The Balaban J connectivity index is 2.87. The van der Waals surface area contributed by atoms with Crippen molar-refractivity contribution in [1.82, 2.24) is 4.98 Å². The van der Waals surface area contributed by atoms with Crippen LogP contribution in [0.3, 0.4) is 0 Å². The van der Waals surface area contributed by atoms with Gasteiger partial charge >= 0.3 is 0 Å².